The number of nitrogens with zero attached hydrogens (tertiary/aromatic N) is 1. The summed E-state index contributed by atoms with van der Waals surface area (Å²) in [5.74, 6) is -0.353. The standard InChI is InChI=1S/C22H24N2O/c1-16-20(22(23)25)17(2)24(21(16)19-13-7-4-8-14-19)15-9-12-18-10-5-3-6-11-18/h3-8,10-11,13-14H,9,12,15H2,1-2H3,(H2,23,25). The Morgan fingerprint density at radius 1 is 0.960 bits per heavy atom. The molecule has 0 radical (unpaired) electrons. The number of benzene rings is 2. The van der Waals surface area contributed by atoms with Crippen LogP contribution in [-0.2, 0) is 13.0 Å². The highest BCUT2D eigenvalue weighted by Crippen LogP contribution is 2.31. The van der Waals surface area contributed by atoms with Gasteiger partial charge in [-0.1, -0.05) is 60.7 Å². The zero-order valence-corrected chi connectivity index (χ0v) is 14.8. The highest BCUT2D eigenvalue weighted by atomic mass is 16.1. The molecule has 128 valence electrons. The molecule has 0 fully saturated rings. The van der Waals surface area contributed by atoms with E-state index < -0.39 is 0 Å². The molecule has 2 N–H and O–H groups in total. The van der Waals surface area contributed by atoms with Crippen molar-refractivity contribution in [2.75, 3.05) is 0 Å². The van der Waals surface area contributed by atoms with E-state index in [0.717, 1.165) is 41.9 Å². The maximum absolute atomic E-state index is 11.9. The minimum absolute atomic E-state index is 0.353. The number of hydrogen-bond donors (Lipinski definition) is 1. The number of aromatic nitrogens is 1. The van der Waals surface area contributed by atoms with Gasteiger partial charge < -0.3 is 10.3 Å². The molecule has 1 aromatic heterocycles. The fourth-order valence-corrected chi connectivity index (χ4v) is 3.59. The number of carbonyl (C=O) groups is 1. The summed E-state index contributed by atoms with van der Waals surface area (Å²) in [6, 6.07) is 20.7. The third-order valence-corrected chi connectivity index (χ3v) is 4.75. The van der Waals surface area contributed by atoms with Gasteiger partial charge in [0.25, 0.3) is 5.91 Å². The van der Waals surface area contributed by atoms with Gasteiger partial charge in [0.1, 0.15) is 0 Å². The van der Waals surface area contributed by atoms with Crippen LogP contribution in [0.25, 0.3) is 11.3 Å². The summed E-state index contributed by atoms with van der Waals surface area (Å²) in [4.78, 5) is 11.9. The molecule has 2 aromatic carbocycles. The van der Waals surface area contributed by atoms with Crippen LogP contribution in [-0.4, -0.2) is 10.5 Å². The van der Waals surface area contributed by atoms with Gasteiger partial charge in [0.05, 0.1) is 11.3 Å². The molecule has 0 saturated carbocycles. The molecule has 3 aromatic rings. The van der Waals surface area contributed by atoms with E-state index in [4.69, 9.17) is 5.73 Å². The van der Waals surface area contributed by atoms with Gasteiger partial charge >= 0.3 is 0 Å². The molecule has 1 heterocycles. The van der Waals surface area contributed by atoms with Gasteiger partial charge in [-0.2, -0.15) is 0 Å². The highest BCUT2D eigenvalue weighted by molar-refractivity contribution is 5.97. The monoisotopic (exact) mass is 332 g/mol. The van der Waals surface area contributed by atoms with Gasteiger partial charge in [0.2, 0.25) is 0 Å². The van der Waals surface area contributed by atoms with Crippen molar-refractivity contribution in [3.05, 3.63) is 83.0 Å². The predicted molar refractivity (Wildman–Crippen MR) is 103 cm³/mol. The second kappa shape index (κ2) is 7.39. The number of aryl methyl sites for hydroxylation is 1. The molecule has 0 atom stereocenters. The lowest BCUT2D eigenvalue weighted by atomic mass is 10.0. The van der Waals surface area contributed by atoms with E-state index >= 15 is 0 Å². The Bertz CT molecular complexity index is 864. The second-order valence-electron chi connectivity index (χ2n) is 6.41. The summed E-state index contributed by atoms with van der Waals surface area (Å²) in [6.45, 7) is 4.84. The Balaban J connectivity index is 1.94. The molecule has 0 saturated heterocycles. The van der Waals surface area contributed by atoms with Crippen molar-refractivity contribution >= 4 is 5.91 Å². The summed E-state index contributed by atoms with van der Waals surface area (Å²) in [6.07, 6.45) is 2.02. The van der Waals surface area contributed by atoms with Crippen LogP contribution >= 0.6 is 0 Å². The fourth-order valence-electron chi connectivity index (χ4n) is 3.59. The van der Waals surface area contributed by atoms with Crippen molar-refractivity contribution in [1.29, 1.82) is 0 Å². The number of amides is 1. The number of carbonyl (C=O) groups excluding carboxylic acids is 1. The van der Waals surface area contributed by atoms with Crippen LogP contribution in [0.3, 0.4) is 0 Å². The first kappa shape index (κ1) is 17.0. The molecule has 0 aliphatic carbocycles. The maximum Gasteiger partial charge on any atom is 0.250 e. The van der Waals surface area contributed by atoms with Gasteiger partial charge in [0.15, 0.2) is 0 Å². The third kappa shape index (κ3) is 3.50. The first-order valence-corrected chi connectivity index (χ1v) is 8.68. The molecule has 0 aliphatic rings. The molecule has 0 spiro atoms. The molecule has 3 nitrogen and oxygen atoms in total. The fraction of sp³-hybridized carbons (Fsp3) is 0.227. The molecule has 1 amide bonds. The quantitative estimate of drug-likeness (QED) is 0.709. The molecular formula is C22H24N2O. The molecular weight excluding hydrogens is 308 g/mol. The molecule has 0 bridgehead atoms. The molecule has 25 heavy (non-hydrogen) atoms. The molecule has 3 heteroatoms. The molecule has 0 unspecified atom stereocenters. The Kier molecular flexibility index (Phi) is 5.03. The van der Waals surface area contributed by atoms with Crippen LogP contribution in [0.15, 0.2) is 60.7 Å². The average molecular weight is 332 g/mol. The second-order valence-corrected chi connectivity index (χ2v) is 6.41. The van der Waals surface area contributed by atoms with Gasteiger partial charge in [-0.25, -0.2) is 0 Å². The topological polar surface area (TPSA) is 48.0 Å². The van der Waals surface area contributed by atoms with Gasteiger partial charge in [0, 0.05) is 12.2 Å². The lowest BCUT2D eigenvalue weighted by Crippen LogP contribution is -2.13. The van der Waals surface area contributed by atoms with Crippen LogP contribution in [0, 0.1) is 13.8 Å². The van der Waals surface area contributed by atoms with Gasteiger partial charge in [-0.15, -0.1) is 0 Å². The molecule has 0 aliphatic heterocycles. The van der Waals surface area contributed by atoms with E-state index in [2.05, 4.69) is 41.0 Å². The van der Waals surface area contributed by atoms with Crippen LogP contribution in [0.5, 0.6) is 0 Å². The predicted octanol–water partition coefficient (Wildman–Crippen LogP) is 4.50. The van der Waals surface area contributed by atoms with Gasteiger partial charge in [-0.3, -0.25) is 4.79 Å². The summed E-state index contributed by atoms with van der Waals surface area (Å²) < 4.78 is 2.24. The Morgan fingerprint density at radius 3 is 2.16 bits per heavy atom. The first-order valence-electron chi connectivity index (χ1n) is 8.68. The largest absolute Gasteiger partial charge is 0.366 e. The number of hydrogen-bond acceptors (Lipinski definition) is 1. The SMILES string of the molecule is Cc1c(C(N)=O)c(C)n(CCCc2ccccc2)c1-c1ccccc1. The van der Waals surface area contributed by atoms with Crippen molar-refractivity contribution in [1.82, 2.24) is 4.57 Å². The Morgan fingerprint density at radius 2 is 1.56 bits per heavy atom. The van der Waals surface area contributed by atoms with Crippen molar-refractivity contribution < 1.29 is 4.79 Å². The van der Waals surface area contributed by atoms with Crippen molar-refractivity contribution in [3.63, 3.8) is 0 Å². The molecule has 3 rings (SSSR count). The Labute approximate surface area is 149 Å². The van der Waals surface area contributed by atoms with E-state index in [1.165, 1.54) is 5.56 Å². The van der Waals surface area contributed by atoms with E-state index in [9.17, 15) is 4.79 Å². The van der Waals surface area contributed by atoms with E-state index in [-0.39, 0.29) is 5.91 Å². The summed E-state index contributed by atoms with van der Waals surface area (Å²) >= 11 is 0. The Hall–Kier alpha value is -2.81. The summed E-state index contributed by atoms with van der Waals surface area (Å²) in [5.41, 5.74) is 11.8. The van der Waals surface area contributed by atoms with E-state index in [0.29, 0.717) is 5.56 Å². The zero-order chi connectivity index (χ0) is 17.8. The lowest BCUT2D eigenvalue weighted by molar-refractivity contribution is 0.0999. The van der Waals surface area contributed by atoms with Crippen LogP contribution < -0.4 is 5.73 Å². The van der Waals surface area contributed by atoms with E-state index in [1.807, 2.05) is 38.1 Å². The third-order valence-electron chi connectivity index (χ3n) is 4.75. The smallest absolute Gasteiger partial charge is 0.250 e. The number of rotatable bonds is 6. The summed E-state index contributed by atoms with van der Waals surface area (Å²) in [7, 11) is 0. The number of nitrogens with two attached hydrogens (primary N) is 1. The normalized spacial score (nSPS) is 10.8. The van der Waals surface area contributed by atoms with Crippen LogP contribution in [0.1, 0.15) is 33.6 Å². The number of primary amides is 1. The maximum atomic E-state index is 11.9. The van der Waals surface area contributed by atoms with Crippen molar-refractivity contribution in [2.24, 2.45) is 5.73 Å². The van der Waals surface area contributed by atoms with Crippen molar-refractivity contribution in [2.45, 2.75) is 33.2 Å². The van der Waals surface area contributed by atoms with E-state index in [1.54, 1.807) is 0 Å². The first-order chi connectivity index (χ1) is 12.1. The average Bonchev–Trinajstić information content (AvgIpc) is 2.87. The highest BCUT2D eigenvalue weighted by Gasteiger charge is 2.21. The lowest BCUT2D eigenvalue weighted by Gasteiger charge is -2.13. The summed E-state index contributed by atoms with van der Waals surface area (Å²) in [5, 5.41) is 0. The zero-order valence-electron chi connectivity index (χ0n) is 14.8. The van der Waals surface area contributed by atoms with Crippen molar-refractivity contribution in [3.8, 4) is 11.3 Å². The minimum atomic E-state index is -0.353. The minimum Gasteiger partial charge on any atom is -0.366 e. The van der Waals surface area contributed by atoms with Crippen LogP contribution in [0.2, 0.25) is 0 Å². The van der Waals surface area contributed by atoms with Crippen LogP contribution in [0.4, 0.5) is 0 Å². The van der Waals surface area contributed by atoms with Gasteiger partial charge in [-0.05, 0) is 43.4 Å².